The van der Waals surface area contributed by atoms with Crippen LogP contribution >= 0.6 is 11.8 Å². The number of amides is 1. The van der Waals surface area contributed by atoms with Gasteiger partial charge in [0.2, 0.25) is 0 Å². The van der Waals surface area contributed by atoms with Crippen molar-refractivity contribution in [2.45, 2.75) is 38.1 Å². The maximum Gasteiger partial charge on any atom is 0.267 e. The van der Waals surface area contributed by atoms with Gasteiger partial charge in [0, 0.05) is 6.04 Å². The molecular formula is C25H24FN3O3S. The molecule has 0 aromatic heterocycles. The molecule has 0 unspecified atom stereocenters. The molecule has 1 aliphatic heterocycles. The lowest BCUT2D eigenvalue weighted by molar-refractivity contribution is -0.124. The summed E-state index contributed by atoms with van der Waals surface area (Å²) in [5.41, 5.74) is 0.971. The van der Waals surface area contributed by atoms with Crippen LogP contribution < -0.4 is 9.47 Å². The Labute approximate surface area is 196 Å². The van der Waals surface area contributed by atoms with Crippen LogP contribution in [0.15, 0.2) is 52.4 Å². The Morgan fingerprint density at radius 2 is 2.00 bits per heavy atom. The van der Waals surface area contributed by atoms with Crippen molar-refractivity contribution in [3.05, 3.63) is 58.8 Å². The maximum absolute atomic E-state index is 14.3. The van der Waals surface area contributed by atoms with Crippen LogP contribution in [0.5, 0.6) is 11.5 Å². The molecule has 2 aliphatic rings. The van der Waals surface area contributed by atoms with Crippen LogP contribution in [0.1, 0.15) is 37.7 Å². The molecule has 33 heavy (non-hydrogen) atoms. The molecule has 0 spiro atoms. The second-order valence-electron chi connectivity index (χ2n) is 7.78. The van der Waals surface area contributed by atoms with Crippen molar-refractivity contribution in [3.63, 3.8) is 0 Å². The lowest BCUT2D eigenvalue weighted by atomic mass is 9.94. The molecule has 2 aromatic carbocycles. The summed E-state index contributed by atoms with van der Waals surface area (Å²) in [5.74, 6) is 0.388. The summed E-state index contributed by atoms with van der Waals surface area (Å²) < 4.78 is 25.0. The highest BCUT2D eigenvalue weighted by Crippen LogP contribution is 2.39. The topological polar surface area (TPSA) is 74.9 Å². The minimum Gasteiger partial charge on any atom is -0.493 e. The first-order chi connectivity index (χ1) is 16.1. The van der Waals surface area contributed by atoms with E-state index in [4.69, 9.17) is 14.7 Å². The van der Waals surface area contributed by atoms with Gasteiger partial charge >= 0.3 is 0 Å². The van der Waals surface area contributed by atoms with Crippen molar-refractivity contribution in [1.29, 1.82) is 5.26 Å². The molecule has 0 bridgehead atoms. The first kappa shape index (κ1) is 22.9. The minimum absolute atomic E-state index is 0.0615. The van der Waals surface area contributed by atoms with E-state index in [0.717, 1.165) is 37.7 Å². The summed E-state index contributed by atoms with van der Waals surface area (Å²) in [4.78, 5) is 20.2. The van der Waals surface area contributed by atoms with Crippen LogP contribution in [0.25, 0.3) is 6.08 Å². The zero-order valence-electron chi connectivity index (χ0n) is 18.3. The number of aliphatic imine (C=N–C) groups is 1. The molecule has 6 nitrogen and oxygen atoms in total. The number of amidine groups is 1. The molecule has 4 rings (SSSR count). The third-order valence-electron chi connectivity index (χ3n) is 5.62. The van der Waals surface area contributed by atoms with Crippen molar-refractivity contribution in [1.82, 2.24) is 4.90 Å². The van der Waals surface area contributed by atoms with E-state index in [1.807, 2.05) is 6.07 Å². The van der Waals surface area contributed by atoms with Gasteiger partial charge in [0.15, 0.2) is 23.3 Å². The standard InChI is InChI=1S/C25H24FN3O3S/c1-31-22-15-17(11-12-21(22)32-14-13-27)16-23-24(30)29(18-7-3-2-4-8-18)25(33-23)28-20-10-6-5-9-19(20)26/h5-6,9-12,15-16,18H,2-4,7-8,14H2,1H3/b23-16-,28-25?. The molecule has 0 radical (unpaired) electrons. The van der Waals surface area contributed by atoms with Gasteiger partial charge in [0.05, 0.1) is 12.0 Å². The normalized spacial score (nSPS) is 19.2. The van der Waals surface area contributed by atoms with Gasteiger partial charge in [0.1, 0.15) is 17.6 Å². The number of ether oxygens (including phenoxy) is 2. The van der Waals surface area contributed by atoms with Crippen LogP contribution in [-0.2, 0) is 4.79 Å². The van der Waals surface area contributed by atoms with Crippen LogP contribution in [0, 0.1) is 17.1 Å². The number of methoxy groups -OCH3 is 1. The summed E-state index contributed by atoms with van der Waals surface area (Å²) in [6.07, 6.45) is 6.89. The highest BCUT2D eigenvalue weighted by molar-refractivity contribution is 8.18. The number of thioether (sulfide) groups is 1. The minimum atomic E-state index is -0.420. The number of hydrogen-bond donors (Lipinski definition) is 0. The fourth-order valence-corrected chi connectivity index (χ4v) is 5.08. The van der Waals surface area contributed by atoms with E-state index < -0.39 is 5.82 Å². The number of para-hydroxylation sites is 1. The number of nitriles is 1. The molecule has 8 heteroatoms. The van der Waals surface area contributed by atoms with Gasteiger partial charge in [-0.1, -0.05) is 37.5 Å². The van der Waals surface area contributed by atoms with E-state index in [0.29, 0.717) is 21.6 Å². The number of carbonyl (C=O) groups excluding carboxylic acids is 1. The lowest BCUT2D eigenvalue weighted by Gasteiger charge is -2.30. The van der Waals surface area contributed by atoms with Crippen molar-refractivity contribution in [2.24, 2.45) is 4.99 Å². The van der Waals surface area contributed by atoms with Gasteiger partial charge < -0.3 is 9.47 Å². The number of hydrogen-bond acceptors (Lipinski definition) is 6. The Balaban J connectivity index is 1.68. The van der Waals surface area contributed by atoms with Crippen LogP contribution in [0.2, 0.25) is 0 Å². The lowest BCUT2D eigenvalue weighted by Crippen LogP contribution is -2.40. The maximum atomic E-state index is 14.3. The Bertz CT molecular complexity index is 1140. The van der Waals surface area contributed by atoms with Crippen LogP contribution in [0.4, 0.5) is 10.1 Å². The fourth-order valence-electron chi connectivity index (χ4n) is 4.03. The molecule has 1 heterocycles. The average molecular weight is 466 g/mol. The summed E-state index contributed by atoms with van der Waals surface area (Å²) in [6.45, 7) is -0.0860. The largest absolute Gasteiger partial charge is 0.493 e. The van der Waals surface area contributed by atoms with E-state index in [-0.39, 0.29) is 24.2 Å². The monoisotopic (exact) mass is 465 g/mol. The number of carbonyl (C=O) groups is 1. The molecular weight excluding hydrogens is 441 g/mol. The van der Waals surface area contributed by atoms with Crippen molar-refractivity contribution < 1.29 is 18.7 Å². The third kappa shape index (κ3) is 5.20. The molecule has 2 aromatic rings. The molecule has 170 valence electrons. The van der Waals surface area contributed by atoms with Crippen molar-refractivity contribution in [2.75, 3.05) is 13.7 Å². The zero-order valence-corrected chi connectivity index (χ0v) is 19.1. The molecule has 2 fully saturated rings. The summed E-state index contributed by atoms with van der Waals surface area (Å²) in [7, 11) is 1.52. The summed E-state index contributed by atoms with van der Waals surface area (Å²) in [6, 6.07) is 13.6. The number of halogens is 1. The van der Waals surface area contributed by atoms with Crippen molar-refractivity contribution in [3.8, 4) is 17.6 Å². The summed E-state index contributed by atoms with van der Waals surface area (Å²) in [5, 5.41) is 9.24. The third-order valence-corrected chi connectivity index (χ3v) is 6.61. The van der Waals surface area contributed by atoms with Crippen molar-refractivity contribution >= 4 is 34.6 Å². The Kier molecular flexibility index (Phi) is 7.30. The first-order valence-electron chi connectivity index (χ1n) is 10.8. The van der Waals surface area contributed by atoms with Crippen LogP contribution in [0.3, 0.4) is 0 Å². The smallest absolute Gasteiger partial charge is 0.267 e. The Morgan fingerprint density at radius 1 is 1.21 bits per heavy atom. The van der Waals surface area contributed by atoms with E-state index in [2.05, 4.69) is 4.99 Å². The second-order valence-corrected chi connectivity index (χ2v) is 8.79. The highest BCUT2D eigenvalue weighted by Gasteiger charge is 2.38. The Hall–Kier alpha value is -3.31. The molecule has 1 saturated heterocycles. The molecule has 0 N–H and O–H groups in total. The molecule has 1 saturated carbocycles. The SMILES string of the molecule is COc1cc(/C=C2\SC(=Nc3ccccc3F)N(C3CCCCC3)C2=O)ccc1OCC#N. The number of benzene rings is 2. The predicted octanol–water partition coefficient (Wildman–Crippen LogP) is 5.67. The quantitative estimate of drug-likeness (QED) is 0.514. The number of rotatable bonds is 6. The fraction of sp³-hybridized carbons (Fsp3) is 0.320. The van der Waals surface area contributed by atoms with Gasteiger partial charge in [-0.15, -0.1) is 0 Å². The molecule has 1 aliphatic carbocycles. The second kappa shape index (κ2) is 10.5. The first-order valence-corrected chi connectivity index (χ1v) is 11.7. The Morgan fingerprint density at radius 3 is 2.73 bits per heavy atom. The van der Waals surface area contributed by atoms with E-state index in [9.17, 15) is 9.18 Å². The van der Waals surface area contributed by atoms with E-state index in [1.165, 1.54) is 24.9 Å². The summed E-state index contributed by atoms with van der Waals surface area (Å²) >= 11 is 1.26. The number of nitrogens with zero attached hydrogens (tertiary/aromatic N) is 3. The van der Waals surface area contributed by atoms with Gasteiger partial charge in [-0.3, -0.25) is 9.69 Å². The van der Waals surface area contributed by atoms with Gasteiger partial charge in [-0.2, -0.15) is 5.26 Å². The van der Waals surface area contributed by atoms with E-state index >= 15 is 0 Å². The molecule has 1 amide bonds. The van der Waals surface area contributed by atoms with Crippen LogP contribution in [-0.4, -0.2) is 35.7 Å². The van der Waals surface area contributed by atoms with E-state index in [1.54, 1.807) is 47.4 Å². The van der Waals surface area contributed by atoms with Gasteiger partial charge in [0.25, 0.3) is 5.91 Å². The molecule has 0 atom stereocenters. The highest BCUT2D eigenvalue weighted by atomic mass is 32.2. The average Bonchev–Trinajstić information content (AvgIpc) is 3.14. The predicted molar refractivity (Wildman–Crippen MR) is 127 cm³/mol. The van der Waals surface area contributed by atoms with Gasteiger partial charge in [-0.25, -0.2) is 9.38 Å². The zero-order chi connectivity index (χ0) is 23.2. The van der Waals surface area contributed by atoms with Gasteiger partial charge in [-0.05, 0) is 60.5 Å².